The summed E-state index contributed by atoms with van der Waals surface area (Å²) in [5.41, 5.74) is 5.76. The maximum atomic E-state index is 12.2. The van der Waals surface area contributed by atoms with E-state index in [4.69, 9.17) is 12.2 Å². The van der Waals surface area contributed by atoms with E-state index in [1.165, 1.54) is 19.3 Å². The molecule has 0 bridgehead atoms. The molecule has 0 aromatic carbocycles. The maximum absolute atomic E-state index is 12.2. The highest BCUT2D eigenvalue weighted by molar-refractivity contribution is 5.82. The molecule has 0 aromatic heterocycles. The SMILES string of the molecule is C#CC[C@H](N)C(=O)N[C@@H](CC1CCCCC1)[C@@H](O)[C@@H](O)C1CC1. The molecule has 130 valence electrons. The van der Waals surface area contributed by atoms with E-state index in [1.807, 2.05) is 0 Å². The summed E-state index contributed by atoms with van der Waals surface area (Å²) >= 11 is 0. The van der Waals surface area contributed by atoms with Gasteiger partial charge in [0.15, 0.2) is 0 Å². The predicted molar refractivity (Wildman–Crippen MR) is 89.3 cm³/mol. The first kappa shape index (κ1) is 18.3. The highest BCUT2D eigenvalue weighted by atomic mass is 16.3. The summed E-state index contributed by atoms with van der Waals surface area (Å²) in [5.74, 6) is 2.69. The Morgan fingerprint density at radius 1 is 1.22 bits per heavy atom. The minimum absolute atomic E-state index is 0.162. The van der Waals surface area contributed by atoms with Crippen molar-refractivity contribution in [3.63, 3.8) is 0 Å². The Morgan fingerprint density at radius 2 is 1.87 bits per heavy atom. The molecule has 5 heteroatoms. The van der Waals surface area contributed by atoms with E-state index >= 15 is 0 Å². The lowest BCUT2D eigenvalue weighted by Crippen LogP contribution is -2.53. The molecule has 2 fully saturated rings. The number of aliphatic hydroxyl groups is 2. The first-order chi connectivity index (χ1) is 11.0. The molecular formula is C18H30N2O3. The van der Waals surface area contributed by atoms with Gasteiger partial charge in [-0.25, -0.2) is 0 Å². The minimum atomic E-state index is -0.939. The minimum Gasteiger partial charge on any atom is -0.390 e. The summed E-state index contributed by atoms with van der Waals surface area (Å²) in [4.78, 5) is 12.2. The van der Waals surface area contributed by atoms with Gasteiger partial charge in [-0.15, -0.1) is 12.3 Å². The standard InChI is InChI=1S/C18H30N2O3/c1-2-6-14(19)18(23)20-15(11-12-7-4-3-5-8-12)17(22)16(21)13-9-10-13/h1,12-17,21-22H,3-11,19H2,(H,20,23)/t14-,15-,16-,17+/m0/s1. The van der Waals surface area contributed by atoms with Crippen molar-refractivity contribution >= 4 is 5.91 Å². The molecule has 0 unspecified atom stereocenters. The third-order valence-corrected chi connectivity index (χ3v) is 5.18. The van der Waals surface area contributed by atoms with Gasteiger partial charge in [-0.3, -0.25) is 4.79 Å². The number of rotatable bonds is 8. The van der Waals surface area contributed by atoms with Gasteiger partial charge in [0.1, 0.15) is 6.10 Å². The van der Waals surface area contributed by atoms with Crippen LogP contribution in [0.1, 0.15) is 57.8 Å². The van der Waals surface area contributed by atoms with Gasteiger partial charge in [-0.2, -0.15) is 0 Å². The zero-order valence-corrected chi connectivity index (χ0v) is 13.8. The molecule has 5 N–H and O–H groups in total. The molecule has 0 heterocycles. The van der Waals surface area contributed by atoms with Gasteiger partial charge in [-0.05, 0) is 31.1 Å². The van der Waals surface area contributed by atoms with Gasteiger partial charge in [0, 0.05) is 6.42 Å². The summed E-state index contributed by atoms with van der Waals surface area (Å²) < 4.78 is 0. The third-order valence-electron chi connectivity index (χ3n) is 5.18. The zero-order valence-electron chi connectivity index (χ0n) is 13.8. The number of carbonyl (C=O) groups excluding carboxylic acids is 1. The largest absolute Gasteiger partial charge is 0.390 e. The molecule has 0 saturated heterocycles. The van der Waals surface area contributed by atoms with Crippen LogP contribution in [0.15, 0.2) is 0 Å². The van der Waals surface area contributed by atoms with Crippen LogP contribution in [0.3, 0.4) is 0 Å². The van der Waals surface area contributed by atoms with Gasteiger partial charge in [0.2, 0.25) is 5.91 Å². The summed E-state index contributed by atoms with van der Waals surface area (Å²) in [6, 6.07) is -1.22. The molecule has 4 atom stereocenters. The molecule has 2 rings (SSSR count). The summed E-state index contributed by atoms with van der Waals surface area (Å²) in [5, 5.41) is 23.6. The summed E-state index contributed by atoms with van der Waals surface area (Å²) in [6.45, 7) is 0. The van der Waals surface area contributed by atoms with Crippen molar-refractivity contribution in [2.45, 2.75) is 82.1 Å². The lowest BCUT2D eigenvalue weighted by Gasteiger charge is -2.32. The van der Waals surface area contributed by atoms with Crippen LogP contribution in [0.5, 0.6) is 0 Å². The van der Waals surface area contributed by atoms with Crippen LogP contribution in [-0.4, -0.2) is 40.4 Å². The van der Waals surface area contributed by atoms with Crippen molar-refractivity contribution < 1.29 is 15.0 Å². The second kappa shape index (κ2) is 8.68. The predicted octanol–water partition coefficient (Wildman–Crippen LogP) is 0.924. The van der Waals surface area contributed by atoms with Crippen molar-refractivity contribution in [2.75, 3.05) is 0 Å². The molecule has 0 radical (unpaired) electrons. The fourth-order valence-corrected chi connectivity index (χ4v) is 3.53. The number of hydrogen-bond donors (Lipinski definition) is 4. The van der Waals surface area contributed by atoms with Crippen LogP contribution in [0.2, 0.25) is 0 Å². The molecular weight excluding hydrogens is 292 g/mol. The van der Waals surface area contributed by atoms with Gasteiger partial charge < -0.3 is 21.3 Å². The van der Waals surface area contributed by atoms with Gasteiger partial charge in [0.25, 0.3) is 0 Å². The topological polar surface area (TPSA) is 95.6 Å². The molecule has 2 aliphatic carbocycles. The van der Waals surface area contributed by atoms with E-state index in [1.54, 1.807) is 0 Å². The van der Waals surface area contributed by atoms with E-state index in [-0.39, 0.29) is 18.2 Å². The number of nitrogens with two attached hydrogens (primary N) is 1. The van der Waals surface area contributed by atoms with E-state index in [0.717, 1.165) is 25.7 Å². The van der Waals surface area contributed by atoms with E-state index in [2.05, 4.69) is 11.2 Å². The van der Waals surface area contributed by atoms with Crippen molar-refractivity contribution in [1.29, 1.82) is 0 Å². The van der Waals surface area contributed by atoms with Crippen LogP contribution in [0, 0.1) is 24.2 Å². The molecule has 0 spiro atoms. The van der Waals surface area contributed by atoms with Crippen LogP contribution in [0.4, 0.5) is 0 Å². The van der Waals surface area contributed by atoms with Crippen molar-refractivity contribution in [2.24, 2.45) is 17.6 Å². The van der Waals surface area contributed by atoms with E-state index in [9.17, 15) is 15.0 Å². The number of aliphatic hydroxyl groups excluding tert-OH is 2. The smallest absolute Gasteiger partial charge is 0.238 e. The Kier molecular flexibility index (Phi) is 6.88. The maximum Gasteiger partial charge on any atom is 0.238 e. The molecule has 1 amide bonds. The molecule has 2 saturated carbocycles. The lowest BCUT2D eigenvalue weighted by molar-refractivity contribution is -0.125. The van der Waals surface area contributed by atoms with Crippen LogP contribution < -0.4 is 11.1 Å². The second-order valence-corrected chi connectivity index (χ2v) is 7.19. The van der Waals surface area contributed by atoms with Crippen molar-refractivity contribution in [3.05, 3.63) is 0 Å². The quantitative estimate of drug-likeness (QED) is 0.500. The Hall–Kier alpha value is -1.09. The van der Waals surface area contributed by atoms with Gasteiger partial charge in [-0.1, -0.05) is 32.1 Å². The Morgan fingerprint density at radius 3 is 2.43 bits per heavy atom. The molecule has 5 nitrogen and oxygen atoms in total. The zero-order chi connectivity index (χ0) is 16.8. The summed E-state index contributed by atoms with van der Waals surface area (Å²) in [6.07, 6.45) is 12.1. The highest BCUT2D eigenvalue weighted by Crippen LogP contribution is 2.36. The monoisotopic (exact) mass is 322 g/mol. The number of nitrogens with one attached hydrogen (secondary N) is 1. The average Bonchev–Trinajstić information content (AvgIpc) is 3.39. The van der Waals surface area contributed by atoms with Crippen LogP contribution >= 0.6 is 0 Å². The third kappa shape index (κ3) is 5.49. The molecule has 23 heavy (non-hydrogen) atoms. The average molecular weight is 322 g/mol. The number of hydrogen-bond acceptors (Lipinski definition) is 4. The fourth-order valence-electron chi connectivity index (χ4n) is 3.53. The number of terminal acetylenes is 1. The Labute approximate surface area is 139 Å². The Balaban J connectivity index is 1.97. The van der Waals surface area contributed by atoms with Crippen LogP contribution in [0.25, 0.3) is 0 Å². The van der Waals surface area contributed by atoms with E-state index < -0.39 is 24.3 Å². The normalized spacial score (nSPS) is 24.3. The van der Waals surface area contributed by atoms with Gasteiger partial charge >= 0.3 is 0 Å². The second-order valence-electron chi connectivity index (χ2n) is 7.19. The Bertz CT molecular complexity index is 424. The first-order valence-corrected chi connectivity index (χ1v) is 8.88. The molecule has 0 aliphatic heterocycles. The van der Waals surface area contributed by atoms with Crippen molar-refractivity contribution in [3.8, 4) is 12.3 Å². The highest BCUT2D eigenvalue weighted by Gasteiger charge is 2.39. The molecule has 2 aliphatic rings. The van der Waals surface area contributed by atoms with Crippen LogP contribution in [-0.2, 0) is 4.79 Å². The number of carbonyl (C=O) groups is 1. The summed E-state index contributed by atoms with van der Waals surface area (Å²) in [7, 11) is 0. The first-order valence-electron chi connectivity index (χ1n) is 8.88. The lowest BCUT2D eigenvalue weighted by atomic mass is 9.82. The fraction of sp³-hybridized carbons (Fsp3) is 0.833. The molecule has 0 aromatic rings. The van der Waals surface area contributed by atoms with E-state index in [0.29, 0.717) is 12.3 Å². The van der Waals surface area contributed by atoms with Gasteiger partial charge in [0.05, 0.1) is 18.2 Å². The number of amides is 1. The van der Waals surface area contributed by atoms with Crippen molar-refractivity contribution in [1.82, 2.24) is 5.32 Å².